The van der Waals surface area contributed by atoms with Gasteiger partial charge in [-0.15, -0.1) is 0 Å². The van der Waals surface area contributed by atoms with Crippen LogP contribution in [0.3, 0.4) is 0 Å². The zero-order chi connectivity index (χ0) is 18.0. The first-order chi connectivity index (χ1) is 12.0. The number of nitrogens with two attached hydrogens (primary N) is 1. The minimum atomic E-state index is -0.575. The highest BCUT2D eigenvalue weighted by Gasteiger charge is 2.34. The molecular formula is C20H22N2O3. The molecule has 130 valence electrons. The molecule has 5 nitrogen and oxygen atoms in total. The van der Waals surface area contributed by atoms with E-state index in [1.165, 1.54) is 5.56 Å². The summed E-state index contributed by atoms with van der Waals surface area (Å²) >= 11 is 0. The van der Waals surface area contributed by atoms with Crippen LogP contribution in [0, 0.1) is 5.92 Å². The van der Waals surface area contributed by atoms with E-state index in [0.717, 1.165) is 5.69 Å². The third kappa shape index (κ3) is 3.36. The Morgan fingerprint density at radius 1 is 1.16 bits per heavy atom. The van der Waals surface area contributed by atoms with Gasteiger partial charge in [0.1, 0.15) is 5.75 Å². The van der Waals surface area contributed by atoms with Crippen LogP contribution in [0.5, 0.6) is 5.75 Å². The highest BCUT2D eigenvalue weighted by molar-refractivity contribution is 6.09. The fraction of sp³-hybridized carbons (Fsp3) is 0.300. The second-order valence-corrected chi connectivity index (χ2v) is 6.58. The lowest BCUT2D eigenvalue weighted by atomic mass is 9.90. The van der Waals surface area contributed by atoms with Crippen LogP contribution in [0.15, 0.2) is 48.5 Å². The number of ether oxygens (including phenoxy) is 1. The summed E-state index contributed by atoms with van der Waals surface area (Å²) in [6.07, 6.45) is 0. The number of nitrogens with zero attached hydrogens (tertiary/aromatic N) is 1. The molecule has 1 aliphatic rings. The molecule has 0 fully saturated rings. The summed E-state index contributed by atoms with van der Waals surface area (Å²) in [5.74, 6) is 0.403. The summed E-state index contributed by atoms with van der Waals surface area (Å²) in [6.45, 7) is 4.72. The maximum absolute atomic E-state index is 13.2. The predicted molar refractivity (Wildman–Crippen MR) is 96.8 cm³/mol. The molecule has 0 spiro atoms. The molecule has 2 aromatic carbocycles. The largest absolute Gasteiger partial charge is 0.483 e. The molecule has 0 unspecified atom stereocenters. The number of fused-ring (bicyclic) bond motifs is 1. The van der Waals surface area contributed by atoms with Crippen molar-refractivity contribution < 1.29 is 14.3 Å². The average Bonchev–Trinajstić information content (AvgIpc) is 2.99. The van der Waals surface area contributed by atoms with E-state index in [9.17, 15) is 9.59 Å². The lowest BCUT2D eigenvalue weighted by molar-refractivity contribution is -0.119. The Hall–Kier alpha value is -2.82. The van der Waals surface area contributed by atoms with E-state index in [1.54, 1.807) is 29.2 Å². The van der Waals surface area contributed by atoms with E-state index in [1.807, 2.05) is 18.2 Å². The van der Waals surface area contributed by atoms with Gasteiger partial charge in [-0.25, -0.2) is 0 Å². The highest BCUT2D eigenvalue weighted by Crippen LogP contribution is 2.41. The molecule has 0 saturated carbocycles. The number of benzene rings is 2. The second kappa shape index (κ2) is 6.97. The zero-order valence-corrected chi connectivity index (χ0v) is 14.4. The molecular weight excluding hydrogens is 316 g/mol. The molecule has 2 amide bonds. The number of primary amides is 1. The monoisotopic (exact) mass is 338 g/mol. The first-order valence-electron chi connectivity index (χ1n) is 8.40. The van der Waals surface area contributed by atoms with Gasteiger partial charge in [-0.2, -0.15) is 0 Å². The SMILES string of the molecule is CC(C)[C@H]1CN(C(=O)c2ccccc2OCC(N)=O)c2ccccc21. The van der Waals surface area contributed by atoms with Crippen molar-refractivity contribution in [1.82, 2.24) is 0 Å². The Labute approximate surface area is 147 Å². The quantitative estimate of drug-likeness (QED) is 0.911. The van der Waals surface area contributed by atoms with Crippen LogP contribution in [0.25, 0.3) is 0 Å². The number of hydrogen-bond acceptors (Lipinski definition) is 3. The number of carbonyl (C=O) groups is 2. The van der Waals surface area contributed by atoms with Gasteiger partial charge >= 0.3 is 0 Å². The molecule has 3 rings (SSSR count). The van der Waals surface area contributed by atoms with Gasteiger partial charge in [-0.05, 0) is 29.7 Å². The van der Waals surface area contributed by atoms with Gasteiger partial charge in [0.25, 0.3) is 11.8 Å². The Kier molecular flexibility index (Phi) is 4.74. The van der Waals surface area contributed by atoms with Crippen molar-refractivity contribution in [2.75, 3.05) is 18.1 Å². The zero-order valence-electron chi connectivity index (χ0n) is 14.4. The van der Waals surface area contributed by atoms with E-state index in [2.05, 4.69) is 19.9 Å². The number of amides is 2. The van der Waals surface area contributed by atoms with Crippen LogP contribution in [-0.2, 0) is 4.79 Å². The van der Waals surface area contributed by atoms with Crippen molar-refractivity contribution in [3.8, 4) is 5.75 Å². The first-order valence-corrected chi connectivity index (χ1v) is 8.40. The van der Waals surface area contributed by atoms with E-state index in [0.29, 0.717) is 29.7 Å². The van der Waals surface area contributed by atoms with Crippen molar-refractivity contribution in [3.05, 3.63) is 59.7 Å². The summed E-state index contributed by atoms with van der Waals surface area (Å²) < 4.78 is 5.42. The maximum atomic E-state index is 13.2. The van der Waals surface area contributed by atoms with E-state index < -0.39 is 5.91 Å². The minimum Gasteiger partial charge on any atom is -0.483 e. The van der Waals surface area contributed by atoms with Crippen molar-refractivity contribution >= 4 is 17.5 Å². The van der Waals surface area contributed by atoms with Gasteiger partial charge in [0.2, 0.25) is 0 Å². The van der Waals surface area contributed by atoms with Crippen LogP contribution in [-0.4, -0.2) is 25.0 Å². The standard InChI is InChI=1S/C20H22N2O3/c1-13(2)16-11-22(17-9-5-3-7-14(16)17)20(24)15-8-4-6-10-18(15)25-12-19(21)23/h3-10,13,16H,11-12H2,1-2H3,(H2,21,23)/t16-/m1/s1. The smallest absolute Gasteiger partial charge is 0.262 e. The van der Waals surface area contributed by atoms with Gasteiger partial charge in [-0.1, -0.05) is 44.2 Å². The van der Waals surface area contributed by atoms with Gasteiger partial charge in [0, 0.05) is 18.2 Å². The lowest BCUT2D eigenvalue weighted by Gasteiger charge is -2.20. The third-order valence-corrected chi connectivity index (χ3v) is 4.54. The molecule has 0 saturated heterocycles. The molecule has 2 N–H and O–H groups in total. The molecule has 5 heteroatoms. The molecule has 0 radical (unpaired) electrons. The predicted octanol–water partition coefficient (Wildman–Crippen LogP) is 2.95. The van der Waals surface area contributed by atoms with Crippen molar-refractivity contribution in [2.24, 2.45) is 11.7 Å². The Balaban J connectivity index is 1.93. The van der Waals surface area contributed by atoms with Crippen molar-refractivity contribution in [3.63, 3.8) is 0 Å². The molecule has 0 aromatic heterocycles. The summed E-state index contributed by atoms with van der Waals surface area (Å²) in [6, 6.07) is 14.9. The second-order valence-electron chi connectivity index (χ2n) is 6.58. The lowest BCUT2D eigenvalue weighted by Crippen LogP contribution is -2.31. The fourth-order valence-electron chi connectivity index (χ4n) is 3.27. The normalized spacial score (nSPS) is 16.0. The Morgan fingerprint density at radius 2 is 1.84 bits per heavy atom. The highest BCUT2D eigenvalue weighted by atomic mass is 16.5. The average molecular weight is 338 g/mol. The third-order valence-electron chi connectivity index (χ3n) is 4.54. The van der Waals surface area contributed by atoms with Crippen molar-refractivity contribution in [2.45, 2.75) is 19.8 Å². The number of hydrogen-bond donors (Lipinski definition) is 1. The van der Waals surface area contributed by atoms with Gasteiger partial charge in [-0.3, -0.25) is 9.59 Å². The molecule has 1 atom stereocenters. The number of carbonyl (C=O) groups excluding carboxylic acids is 2. The minimum absolute atomic E-state index is 0.129. The maximum Gasteiger partial charge on any atom is 0.262 e. The van der Waals surface area contributed by atoms with Gasteiger partial charge in [0.15, 0.2) is 6.61 Å². The summed E-state index contributed by atoms with van der Waals surface area (Å²) in [4.78, 5) is 26.0. The van der Waals surface area contributed by atoms with E-state index in [-0.39, 0.29) is 12.5 Å². The number of anilines is 1. The summed E-state index contributed by atoms with van der Waals surface area (Å²) in [5.41, 5.74) is 7.71. The number of rotatable bonds is 5. The van der Waals surface area contributed by atoms with Crippen LogP contribution in [0.4, 0.5) is 5.69 Å². The number of para-hydroxylation sites is 2. The Morgan fingerprint density at radius 3 is 2.56 bits per heavy atom. The van der Waals surface area contributed by atoms with Crippen LogP contribution in [0.1, 0.15) is 35.7 Å². The van der Waals surface area contributed by atoms with Crippen LogP contribution >= 0.6 is 0 Å². The molecule has 1 heterocycles. The summed E-state index contributed by atoms with van der Waals surface area (Å²) in [5, 5.41) is 0. The molecule has 2 aromatic rings. The Bertz CT molecular complexity index is 801. The van der Waals surface area contributed by atoms with E-state index >= 15 is 0 Å². The molecule has 25 heavy (non-hydrogen) atoms. The fourth-order valence-corrected chi connectivity index (χ4v) is 3.27. The van der Waals surface area contributed by atoms with Crippen LogP contribution in [0.2, 0.25) is 0 Å². The summed E-state index contributed by atoms with van der Waals surface area (Å²) in [7, 11) is 0. The van der Waals surface area contributed by atoms with Crippen LogP contribution < -0.4 is 15.4 Å². The topological polar surface area (TPSA) is 72.6 Å². The first kappa shape index (κ1) is 17.0. The van der Waals surface area contributed by atoms with Gasteiger partial charge in [0.05, 0.1) is 5.56 Å². The molecule has 0 bridgehead atoms. The van der Waals surface area contributed by atoms with E-state index in [4.69, 9.17) is 10.5 Å². The molecule has 1 aliphatic heterocycles. The van der Waals surface area contributed by atoms with Crippen molar-refractivity contribution in [1.29, 1.82) is 0 Å². The van der Waals surface area contributed by atoms with Gasteiger partial charge < -0.3 is 15.4 Å². The molecule has 0 aliphatic carbocycles.